The van der Waals surface area contributed by atoms with Crippen molar-refractivity contribution in [1.82, 2.24) is 4.90 Å². The van der Waals surface area contributed by atoms with Crippen LogP contribution in [0.4, 0.5) is 0 Å². The number of likely N-dealkylation sites (N-methyl/N-ethyl adjacent to an activating group) is 1. The van der Waals surface area contributed by atoms with Crippen LogP contribution >= 0.6 is 21.6 Å². The molecule has 3 aliphatic heterocycles. The molecule has 3 heterocycles. The predicted octanol–water partition coefficient (Wildman–Crippen LogP) is 0.343. The van der Waals surface area contributed by atoms with Crippen molar-refractivity contribution in [2.75, 3.05) is 13.7 Å². The van der Waals surface area contributed by atoms with Crippen LogP contribution in [-0.4, -0.2) is 56.2 Å². The van der Waals surface area contributed by atoms with Gasteiger partial charge in [0.15, 0.2) is 10.7 Å². The van der Waals surface area contributed by atoms with Gasteiger partial charge in [-0.3, -0.25) is 9.59 Å². The van der Waals surface area contributed by atoms with Gasteiger partial charge in [0.1, 0.15) is 4.75 Å². The molecule has 5 unspecified atom stereocenters. The summed E-state index contributed by atoms with van der Waals surface area (Å²) in [6, 6.07) is 0. The van der Waals surface area contributed by atoms with Crippen molar-refractivity contribution in [1.29, 1.82) is 0 Å². The Morgan fingerprint density at radius 1 is 1.43 bits per heavy atom. The topological polar surface area (TPSA) is 77.8 Å². The third-order valence-electron chi connectivity index (χ3n) is 5.16. The lowest BCUT2D eigenvalue weighted by atomic mass is 9.74. The molecule has 2 N–H and O–H groups in total. The van der Waals surface area contributed by atoms with Crippen molar-refractivity contribution in [2.45, 2.75) is 22.1 Å². The lowest BCUT2D eigenvalue weighted by Gasteiger charge is -2.56. The van der Waals surface area contributed by atoms with E-state index in [0.29, 0.717) is 6.42 Å². The largest absolute Gasteiger partial charge is 0.392 e. The molecule has 0 aromatic heterocycles. The smallest absolute Gasteiger partial charge is 0.242 e. The number of Topliss-reactive ketones (excluding diaryl/α,β-unsaturated/α-hetero) is 1. The maximum absolute atomic E-state index is 13.0. The summed E-state index contributed by atoms with van der Waals surface area (Å²) in [6.07, 6.45) is 5.12. The number of piperidine rings is 1. The maximum Gasteiger partial charge on any atom is 0.242 e. The Labute approximate surface area is 129 Å². The number of rotatable bonds is 1. The van der Waals surface area contributed by atoms with E-state index in [1.807, 2.05) is 6.08 Å². The van der Waals surface area contributed by atoms with E-state index >= 15 is 0 Å². The van der Waals surface area contributed by atoms with Crippen LogP contribution in [-0.2, 0) is 9.59 Å². The minimum absolute atomic E-state index is 0.104. The third kappa shape index (κ3) is 1.39. The van der Waals surface area contributed by atoms with E-state index in [-0.39, 0.29) is 17.6 Å². The first kappa shape index (κ1) is 13.9. The Balaban J connectivity index is 1.90. The third-order valence-corrected chi connectivity index (χ3v) is 8.96. The summed E-state index contributed by atoms with van der Waals surface area (Å²) in [5, 5.41) is 20.1. The van der Waals surface area contributed by atoms with Crippen LogP contribution in [0.15, 0.2) is 23.8 Å². The number of nitrogens with zero attached hydrogens (tertiary/aromatic N) is 1. The standard InChI is InChI=1S/C14H15NO4S2/c1-15-12(19)13-5-7-3-2-4-8(17)9(7)10(13)11(18)14(15,6-16)21-20-13/h2-4,8-10,16-17H,5-6H2,1H3. The zero-order valence-electron chi connectivity index (χ0n) is 11.4. The molecule has 2 bridgehead atoms. The number of aliphatic hydroxyl groups excluding tert-OH is 2. The fourth-order valence-corrected chi connectivity index (χ4v) is 7.88. The highest BCUT2D eigenvalue weighted by molar-refractivity contribution is 8.78. The number of fused-ring (bicyclic) bond motifs is 3. The Morgan fingerprint density at radius 2 is 2.19 bits per heavy atom. The van der Waals surface area contributed by atoms with Gasteiger partial charge in [0.2, 0.25) is 5.91 Å². The number of ketones is 1. The fourth-order valence-electron chi connectivity index (χ4n) is 4.04. The maximum atomic E-state index is 13.0. The van der Waals surface area contributed by atoms with Crippen molar-refractivity contribution < 1.29 is 19.8 Å². The van der Waals surface area contributed by atoms with E-state index in [0.717, 1.165) is 5.57 Å². The fraction of sp³-hybridized carbons (Fsp3) is 0.571. The Kier molecular flexibility index (Phi) is 2.75. The zero-order valence-corrected chi connectivity index (χ0v) is 13.0. The number of allylic oxidation sites excluding steroid dienone is 2. The molecule has 112 valence electrons. The van der Waals surface area contributed by atoms with E-state index in [1.54, 1.807) is 19.2 Å². The van der Waals surface area contributed by atoms with Crippen LogP contribution in [0.2, 0.25) is 0 Å². The summed E-state index contributed by atoms with van der Waals surface area (Å²) in [7, 11) is 4.28. The monoisotopic (exact) mass is 325 g/mol. The van der Waals surface area contributed by atoms with Crippen LogP contribution in [0, 0.1) is 11.8 Å². The van der Waals surface area contributed by atoms with Crippen LogP contribution in [0.25, 0.3) is 0 Å². The molecular weight excluding hydrogens is 310 g/mol. The summed E-state index contributed by atoms with van der Waals surface area (Å²) < 4.78 is -0.822. The number of aliphatic hydroxyl groups is 2. The number of carbonyl (C=O) groups is 2. The zero-order chi connectivity index (χ0) is 15.0. The van der Waals surface area contributed by atoms with E-state index in [4.69, 9.17) is 0 Å². The van der Waals surface area contributed by atoms with Gasteiger partial charge in [-0.1, -0.05) is 45.4 Å². The summed E-state index contributed by atoms with van der Waals surface area (Å²) in [5.41, 5.74) is 0.967. The van der Waals surface area contributed by atoms with Gasteiger partial charge >= 0.3 is 0 Å². The van der Waals surface area contributed by atoms with Gasteiger partial charge in [-0.15, -0.1) is 0 Å². The van der Waals surface area contributed by atoms with Crippen LogP contribution in [0.5, 0.6) is 0 Å². The quantitative estimate of drug-likeness (QED) is 0.677. The van der Waals surface area contributed by atoms with E-state index in [9.17, 15) is 19.8 Å². The second-order valence-corrected chi connectivity index (χ2v) is 8.76. The highest BCUT2D eigenvalue weighted by Gasteiger charge is 2.74. The van der Waals surface area contributed by atoms with Gasteiger partial charge in [0.25, 0.3) is 0 Å². The van der Waals surface area contributed by atoms with Gasteiger partial charge < -0.3 is 15.1 Å². The van der Waals surface area contributed by atoms with Gasteiger partial charge in [-0.25, -0.2) is 0 Å². The Bertz CT molecular complexity index is 618. The van der Waals surface area contributed by atoms with Crippen LogP contribution in [0.3, 0.4) is 0 Å². The average molecular weight is 325 g/mol. The molecule has 0 radical (unpaired) electrons. The van der Waals surface area contributed by atoms with E-state index in [2.05, 4.69) is 0 Å². The number of amides is 1. The molecule has 1 saturated carbocycles. The Morgan fingerprint density at radius 3 is 2.90 bits per heavy atom. The molecule has 2 aliphatic carbocycles. The van der Waals surface area contributed by atoms with E-state index in [1.165, 1.54) is 26.5 Å². The first-order valence-corrected chi connectivity index (χ1v) is 8.98. The lowest BCUT2D eigenvalue weighted by Crippen LogP contribution is -2.72. The molecule has 0 aromatic rings. The molecule has 3 saturated heterocycles. The number of carbonyl (C=O) groups excluding carboxylic acids is 2. The second kappa shape index (κ2) is 4.16. The second-order valence-electron chi connectivity index (χ2n) is 6.02. The van der Waals surface area contributed by atoms with Crippen LogP contribution < -0.4 is 0 Å². The van der Waals surface area contributed by atoms with Gasteiger partial charge in [-0.05, 0) is 6.42 Å². The minimum Gasteiger partial charge on any atom is -0.392 e. The molecule has 1 spiro atoms. The lowest BCUT2D eigenvalue weighted by molar-refractivity contribution is -0.155. The van der Waals surface area contributed by atoms with Crippen molar-refractivity contribution in [3.05, 3.63) is 23.8 Å². The molecule has 5 aliphatic rings. The normalized spacial score (nSPS) is 47.5. The Hall–Kier alpha value is -0.760. The molecule has 7 heteroatoms. The SMILES string of the molecule is CN1C(=O)C23CC4=CC=CC(O)C4C2C(=O)C1(CO)SS3. The average Bonchev–Trinajstić information content (AvgIpc) is 2.83. The first-order chi connectivity index (χ1) is 9.98. The van der Waals surface area contributed by atoms with Gasteiger partial charge in [0, 0.05) is 13.0 Å². The molecule has 0 aromatic carbocycles. The van der Waals surface area contributed by atoms with Crippen molar-refractivity contribution in [3.8, 4) is 0 Å². The van der Waals surface area contributed by atoms with Crippen LogP contribution in [0.1, 0.15) is 6.42 Å². The summed E-state index contributed by atoms with van der Waals surface area (Å²) in [5.74, 6) is -1.11. The highest BCUT2D eigenvalue weighted by atomic mass is 33.1. The number of hydrogen-bond donors (Lipinski definition) is 2. The molecule has 21 heavy (non-hydrogen) atoms. The highest BCUT2D eigenvalue weighted by Crippen LogP contribution is 2.68. The van der Waals surface area contributed by atoms with E-state index < -0.39 is 28.2 Å². The molecule has 1 amide bonds. The summed E-state index contributed by atoms with van der Waals surface area (Å²) in [4.78, 5) is 26.1. The summed E-state index contributed by atoms with van der Waals surface area (Å²) >= 11 is 0. The predicted molar refractivity (Wildman–Crippen MR) is 80.3 cm³/mol. The minimum atomic E-state index is -1.20. The molecule has 5 nitrogen and oxygen atoms in total. The van der Waals surface area contributed by atoms with Crippen molar-refractivity contribution in [2.24, 2.45) is 11.8 Å². The summed E-state index contributed by atoms with van der Waals surface area (Å²) in [6.45, 7) is -0.393. The van der Waals surface area contributed by atoms with Gasteiger partial charge in [-0.2, -0.15) is 0 Å². The molecular formula is C14H15NO4S2. The van der Waals surface area contributed by atoms with Crippen molar-refractivity contribution >= 4 is 33.3 Å². The van der Waals surface area contributed by atoms with Gasteiger partial charge in [0.05, 0.1) is 18.6 Å². The van der Waals surface area contributed by atoms with Crippen molar-refractivity contribution in [3.63, 3.8) is 0 Å². The number of hydrogen-bond acceptors (Lipinski definition) is 6. The molecule has 4 fully saturated rings. The molecule has 5 atom stereocenters. The first-order valence-electron chi connectivity index (χ1n) is 6.83. The molecule has 5 rings (SSSR count).